The first kappa shape index (κ1) is 10.5. The zero-order valence-electron chi connectivity index (χ0n) is 7.54. The highest BCUT2D eigenvalue weighted by Gasteiger charge is 2.16. The lowest BCUT2D eigenvalue weighted by molar-refractivity contribution is 0.103. The van der Waals surface area contributed by atoms with Crippen LogP contribution in [0.3, 0.4) is 0 Å². The first-order valence-electron chi connectivity index (χ1n) is 4.22. The molecule has 0 aliphatic heterocycles. The van der Waals surface area contributed by atoms with Crippen molar-refractivity contribution in [1.29, 1.82) is 0 Å². The van der Waals surface area contributed by atoms with E-state index in [0.717, 1.165) is 0 Å². The molecule has 2 rings (SSSR count). The maximum absolute atomic E-state index is 12.0. The Balaban J connectivity index is 2.46. The highest BCUT2D eigenvalue weighted by atomic mass is 79.9. The summed E-state index contributed by atoms with van der Waals surface area (Å²) < 4.78 is 5.42. The van der Waals surface area contributed by atoms with Crippen molar-refractivity contribution in [2.75, 3.05) is 0 Å². The number of benzene rings is 1. The molecule has 0 N–H and O–H groups in total. The van der Waals surface area contributed by atoms with Crippen LogP contribution in [0, 0.1) is 0 Å². The van der Waals surface area contributed by atoms with Crippen LogP contribution in [-0.4, -0.2) is 5.78 Å². The molecule has 0 radical (unpaired) electrons. The fourth-order valence-electron chi connectivity index (χ4n) is 1.25. The minimum atomic E-state index is -0.152. The summed E-state index contributed by atoms with van der Waals surface area (Å²) in [5.74, 6) is -0.152. The molecule has 0 spiro atoms. The maximum atomic E-state index is 12.0. The summed E-state index contributed by atoms with van der Waals surface area (Å²) >= 11 is 9.08. The molecule has 2 nitrogen and oxygen atoms in total. The van der Waals surface area contributed by atoms with Crippen LogP contribution in [0.5, 0.6) is 0 Å². The van der Waals surface area contributed by atoms with Gasteiger partial charge in [-0.1, -0.05) is 23.7 Å². The molecule has 1 aromatic heterocycles. The van der Waals surface area contributed by atoms with E-state index in [2.05, 4.69) is 15.9 Å². The highest BCUT2D eigenvalue weighted by Crippen LogP contribution is 2.24. The van der Waals surface area contributed by atoms with Gasteiger partial charge in [0.1, 0.15) is 0 Å². The third-order valence-electron chi connectivity index (χ3n) is 1.98. The van der Waals surface area contributed by atoms with Gasteiger partial charge in [-0.25, -0.2) is 0 Å². The predicted octanol–water partition coefficient (Wildman–Crippen LogP) is 3.93. The van der Waals surface area contributed by atoms with Crippen molar-refractivity contribution >= 4 is 33.3 Å². The van der Waals surface area contributed by atoms with Gasteiger partial charge in [0.2, 0.25) is 0 Å². The molecule has 0 unspecified atom stereocenters. The zero-order chi connectivity index (χ0) is 10.8. The second kappa shape index (κ2) is 4.21. The van der Waals surface area contributed by atoms with Crippen molar-refractivity contribution in [2.24, 2.45) is 0 Å². The van der Waals surface area contributed by atoms with Gasteiger partial charge in [0, 0.05) is 5.56 Å². The average Bonchev–Trinajstić information content (AvgIpc) is 2.64. The number of rotatable bonds is 2. The monoisotopic (exact) mass is 284 g/mol. The van der Waals surface area contributed by atoms with Crippen LogP contribution in [-0.2, 0) is 0 Å². The van der Waals surface area contributed by atoms with Crippen molar-refractivity contribution < 1.29 is 9.21 Å². The number of furan rings is 1. The van der Waals surface area contributed by atoms with Gasteiger partial charge < -0.3 is 4.42 Å². The molecule has 0 saturated heterocycles. The van der Waals surface area contributed by atoms with Gasteiger partial charge in [-0.3, -0.25) is 4.79 Å². The van der Waals surface area contributed by atoms with E-state index in [1.165, 1.54) is 6.26 Å². The van der Waals surface area contributed by atoms with Crippen LogP contribution in [0.15, 0.2) is 45.7 Å². The summed E-state index contributed by atoms with van der Waals surface area (Å²) in [6, 6.07) is 8.53. The topological polar surface area (TPSA) is 30.2 Å². The van der Waals surface area contributed by atoms with Gasteiger partial charge in [0.05, 0.1) is 16.8 Å². The molecule has 0 amide bonds. The summed E-state index contributed by atoms with van der Waals surface area (Å²) in [5, 5.41) is 0.440. The lowest BCUT2D eigenvalue weighted by Gasteiger charge is -2.00. The Kier molecular flexibility index (Phi) is 2.93. The predicted molar refractivity (Wildman–Crippen MR) is 61.3 cm³/mol. The van der Waals surface area contributed by atoms with Crippen LogP contribution < -0.4 is 0 Å². The Labute approximate surface area is 100.0 Å². The van der Waals surface area contributed by atoms with Crippen molar-refractivity contribution in [3.8, 4) is 0 Å². The smallest absolute Gasteiger partial charge is 0.198 e. The second-order valence-electron chi connectivity index (χ2n) is 2.92. The Morgan fingerprint density at radius 3 is 2.53 bits per heavy atom. The van der Waals surface area contributed by atoms with Crippen LogP contribution in [0.25, 0.3) is 0 Å². The number of halogens is 2. The Hall–Kier alpha value is -1.06. The molecular formula is C11H6BrClO2. The quantitative estimate of drug-likeness (QED) is 0.783. The Bertz CT molecular complexity index is 505. The molecule has 0 saturated carbocycles. The molecule has 0 aliphatic carbocycles. The Morgan fingerprint density at radius 2 is 1.93 bits per heavy atom. The first-order chi connectivity index (χ1) is 7.20. The zero-order valence-corrected chi connectivity index (χ0v) is 9.88. The molecule has 2 aromatic rings. The number of hydrogen-bond donors (Lipinski definition) is 0. The van der Waals surface area contributed by atoms with Crippen molar-refractivity contribution in [1.82, 2.24) is 0 Å². The maximum Gasteiger partial charge on any atom is 0.198 e. The molecule has 15 heavy (non-hydrogen) atoms. The minimum absolute atomic E-state index is 0.152. The van der Waals surface area contributed by atoms with E-state index in [-0.39, 0.29) is 5.78 Å². The molecule has 1 aromatic carbocycles. The fraction of sp³-hybridized carbons (Fsp3) is 0. The molecule has 0 bridgehead atoms. The second-order valence-corrected chi connectivity index (χ2v) is 4.04. The number of hydrogen-bond acceptors (Lipinski definition) is 2. The summed E-state index contributed by atoms with van der Waals surface area (Å²) in [7, 11) is 0. The average molecular weight is 286 g/mol. The lowest BCUT2D eigenvalue weighted by atomic mass is 10.1. The lowest BCUT2D eigenvalue weighted by Crippen LogP contribution is -2.00. The van der Waals surface area contributed by atoms with Crippen LogP contribution >= 0.6 is 27.5 Å². The van der Waals surface area contributed by atoms with Gasteiger partial charge in [0.25, 0.3) is 0 Å². The third kappa shape index (κ3) is 1.98. The van der Waals surface area contributed by atoms with Crippen LogP contribution in [0.4, 0.5) is 0 Å². The largest absolute Gasteiger partial charge is 0.457 e. The number of carbonyl (C=O) groups is 1. The van der Waals surface area contributed by atoms with Crippen LogP contribution in [0.2, 0.25) is 5.02 Å². The normalized spacial score (nSPS) is 10.3. The van der Waals surface area contributed by atoms with E-state index in [9.17, 15) is 4.79 Å². The highest BCUT2D eigenvalue weighted by molar-refractivity contribution is 9.10. The minimum Gasteiger partial charge on any atom is -0.457 e. The van der Waals surface area contributed by atoms with Crippen LogP contribution in [0.1, 0.15) is 15.9 Å². The third-order valence-corrected chi connectivity index (χ3v) is 2.92. The van der Waals surface area contributed by atoms with Gasteiger partial charge in [-0.2, -0.15) is 0 Å². The van der Waals surface area contributed by atoms with Gasteiger partial charge >= 0.3 is 0 Å². The van der Waals surface area contributed by atoms with Crippen molar-refractivity contribution in [2.45, 2.75) is 0 Å². The molecule has 0 fully saturated rings. The van der Waals surface area contributed by atoms with E-state index in [1.54, 1.807) is 30.3 Å². The summed E-state index contributed by atoms with van der Waals surface area (Å²) in [4.78, 5) is 12.0. The van der Waals surface area contributed by atoms with Crippen molar-refractivity contribution in [3.63, 3.8) is 0 Å². The van der Waals surface area contributed by atoms with Gasteiger partial charge in [-0.15, -0.1) is 0 Å². The molecule has 4 heteroatoms. The van der Waals surface area contributed by atoms with Gasteiger partial charge in [-0.05, 0) is 34.1 Å². The van der Waals surface area contributed by atoms with E-state index < -0.39 is 0 Å². The van der Waals surface area contributed by atoms with E-state index >= 15 is 0 Å². The molecular weight excluding hydrogens is 279 g/mol. The molecule has 76 valence electrons. The number of ketones is 1. The fourth-order valence-corrected chi connectivity index (χ4v) is 1.89. The summed E-state index contributed by atoms with van der Waals surface area (Å²) in [6.45, 7) is 0. The summed E-state index contributed by atoms with van der Waals surface area (Å²) in [6.07, 6.45) is 1.45. The van der Waals surface area contributed by atoms with E-state index in [0.29, 0.717) is 20.8 Å². The van der Waals surface area contributed by atoms with Gasteiger partial charge in [0.15, 0.2) is 10.5 Å². The first-order valence-corrected chi connectivity index (χ1v) is 5.39. The summed E-state index contributed by atoms with van der Waals surface area (Å²) in [5.41, 5.74) is 0.948. The molecule has 0 atom stereocenters. The van der Waals surface area contributed by atoms with E-state index in [1.807, 2.05) is 0 Å². The van der Waals surface area contributed by atoms with E-state index in [4.69, 9.17) is 16.0 Å². The van der Waals surface area contributed by atoms with Crippen molar-refractivity contribution in [3.05, 3.63) is 57.4 Å². The number of carbonyl (C=O) groups excluding carboxylic acids is 1. The molecule has 1 heterocycles. The SMILES string of the molecule is O=C(c1ccccc1Cl)c1ccoc1Br. The standard InChI is InChI=1S/C11H6BrClO2/c12-11-8(5-6-15-11)10(14)7-3-1-2-4-9(7)13/h1-6H. The Morgan fingerprint density at radius 1 is 1.20 bits per heavy atom. The molecule has 0 aliphatic rings.